The average Bonchev–Trinajstić information content (AvgIpc) is 2.41. The fourth-order valence-corrected chi connectivity index (χ4v) is 1.83. The van der Waals surface area contributed by atoms with Crippen LogP contribution in [0.4, 0.5) is 0 Å². The van der Waals surface area contributed by atoms with Gasteiger partial charge in [0.25, 0.3) is 0 Å². The number of pyridine rings is 1. The molecule has 0 radical (unpaired) electrons. The minimum absolute atomic E-state index is 0.131. The second-order valence-corrected chi connectivity index (χ2v) is 4.48. The van der Waals surface area contributed by atoms with Gasteiger partial charge >= 0.3 is 5.97 Å². The SMILES string of the molecule is O=C(O)c1cccnc1C(=O)c1ccc(Cl)c(Cl)c1. The van der Waals surface area contributed by atoms with Crippen molar-refractivity contribution in [3.63, 3.8) is 0 Å². The van der Waals surface area contributed by atoms with Crippen LogP contribution in [0.15, 0.2) is 36.5 Å². The molecule has 2 rings (SSSR count). The minimum atomic E-state index is -1.21. The number of hydrogen-bond donors (Lipinski definition) is 1. The maximum absolute atomic E-state index is 12.2. The molecule has 4 nitrogen and oxygen atoms in total. The first-order valence-electron chi connectivity index (χ1n) is 5.19. The van der Waals surface area contributed by atoms with Crippen LogP contribution in [-0.2, 0) is 0 Å². The Morgan fingerprint density at radius 2 is 1.84 bits per heavy atom. The molecule has 0 fully saturated rings. The molecule has 96 valence electrons. The molecule has 0 amide bonds. The Hall–Kier alpha value is -1.91. The first-order valence-corrected chi connectivity index (χ1v) is 5.94. The maximum Gasteiger partial charge on any atom is 0.338 e. The van der Waals surface area contributed by atoms with Crippen molar-refractivity contribution in [3.05, 3.63) is 63.4 Å². The molecule has 0 bridgehead atoms. The third-order valence-electron chi connectivity index (χ3n) is 2.43. The predicted octanol–water partition coefficient (Wildman–Crippen LogP) is 3.32. The molecule has 0 aliphatic heterocycles. The molecule has 0 saturated heterocycles. The number of carboxylic acid groups (broad SMARTS) is 1. The molecule has 0 spiro atoms. The normalized spacial score (nSPS) is 10.2. The zero-order valence-electron chi connectivity index (χ0n) is 9.43. The van der Waals surface area contributed by atoms with Crippen molar-refractivity contribution in [2.45, 2.75) is 0 Å². The predicted molar refractivity (Wildman–Crippen MR) is 71.1 cm³/mol. The number of rotatable bonds is 3. The fraction of sp³-hybridized carbons (Fsp3) is 0. The molecule has 0 atom stereocenters. The van der Waals surface area contributed by atoms with Crippen LogP contribution < -0.4 is 0 Å². The van der Waals surface area contributed by atoms with Gasteiger partial charge in [-0.3, -0.25) is 9.78 Å². The van der Waals surface area contributed by atoms with Crippen molar-refractivity contribution in [2.75, 3.05) is 0 Å². The van der Waals surface area contributed by atoms with E-state index in [1.807, 2.05) is 0 Å². The third-order valence-corrected chi connectivity index (χ3v) is 3.17. The van der Waals surface area contributed by atoms with E-state index < -0.39 is 11.8 Å². The van der Waals surface area contributed by atoms with Gasteiger partial charge in [-0.15, -0.1) is 0 Å². The highest BCUT2D eigenvalue weighted by Gasteiger charge is 2.19. The number of halogens is 2. The van der Waals surface area contributed by atoms with Gasteiger partial charge in [-0.25, -0.2) is 4.79 Å². The van der Waals surface area contributed by atoms with Crippen molar-refractivity contribution >= 4 is 35.0 Å². The molecule has 0 saturated carbocycles. The lowest BCUT2D eigenvalue weighted by Crippen LogP contribution is -2.11. The molecule has 2 aromatic rings. The Balaban J connectivity index is 2.50. The lowest BCUT2D eigenvalue weighted by Gasteiger charge is -2.05. The highest BCUT2D eigenvalue weighted by atomic mass is 35.5. The van der Waals surface area contributed by atoms with Crippen LogP contribution in [-0.4, -0.2) is 21.8 Å². The Bertz CT molecular complexity index is 671. The monoisotopic (exact) mass is 295 g/mol. The number of aromatic nitrogens is 1. The van der Waals surface area contributed by atoms with E-state index in [2.05, 4.69) is 4.98 Å². The van der Waals surface area contributed by atoms with Crippen molar-refractivity contribution in [1.82, 2.24) is 4.98 Å². The van der Waals surface area contributed by atoms with Gasteiger partial charge in [-0.05, 0) is 30.3 Å². The molecule has 6 heteroatoms. The first-order chi connectivity index (χ1) is 9.00. The number of ketones is 1. The minimum Gasteiger partial charge on any atom is -0.478 e. The fourth-order valence-electron chi connectivity index (χ4n) is 1.53. The second-order valence-electron chi connectivity index (χ2n) is 3.66. The highest BCUT2D eigenvalue weighted by molar-refractivity contribution is 6.42. The van der Waals surface area contributed by atoms with Gasteiger partial charge in [-0.1, -0.05) is 23.2 Å². The summed E-state index contributed by atoms with van der Waals surface area (Å²) in [7, 11) is 0. The average molecular weight is 296 g/mol. The second kappa shape index (κ2) is 5.38. The van der Waals surface area contributed by atoms with Crippen LogP contribution in [0.3, 0.4) is 0 Å². The first kappa shape index (κ1) is 13.5. The number of carboxylic acids is 1. The van der Waals surface area contributed by atoms with Crippen molar-refractivity contribution in [2.24, 2.45) is 0 Å². The molecule has 1 aromatic carbocycles. The van der Waals surface area contributed by atoms with Crippen LogP contribution in [0.1, 0.15) is 26.4 Å². The summed E-state index contributed by atoms with van der Waals surface area (Å²) in [5.41, 5.74) is -0.0532. The van der Waals surface area contributed by atoms with Gasteiger partial charge in [0.1, 0.15) is 5.69 Å². The summed E-state index contributed by atoms with van der Waals surface area (Å²) in [5, 5.41) is 9.56. The van der Waals surface area contributed by atoms with Gasteiger partial charge in [0, 0.05) is 11.8 Å². The van der Waals surface area contributed by atoms with Crippen LogP contribution in [0.2, 0.25) is 10.0 Å². The largest absolute Gasteiger partial charge is 0.478 e. The molecule has 0 unspecified atom stereocenters. The van der Waals surface area contributed by atoms with Crippen LogP contribution in [0.5, 0.6) is 0 Å². The zero-order valence-corrected chi connectivity index (χ0v) is 10.9. The van der Waals surface area contributed by atoms with Crippen LogP contribution >= 0.6 is 23.2 Å². The lowest BCUT2D eigenvalue weighted by molar-refractivity contribution is 0.0692. The molecule has 1 N–H and O–H groups in total. The summed E-state index contributed by atoms with van der Waals surface area (Å²) in [6.07, 6.45) is 1.36. The Labute approximate surface area is 118 Å². The Morgan fingerprint density at radius 1 is 1.11 bits per heavy atom. The van der Waals surface area contributed by atoms with E-state index in [4.69, 9.17) is 28.3 Å². The van der Waals surface area contributed by atoms with Gasteiger partial charge in [-0.2, -0.15) is 0 Å². The summed E-state index contributed by atoms with van der Waals surface area (Å²) in [6, 6.07) is 7.10. The number of carbonyl (C=O) groups is 2. The number of aromatic carboxylic acids is 1. The zero-order chi connectivity index (χ0) is 14.0. The lowest BCUT2D eigenvalue weighted by atomic mass is 10.0. The third kappa shape index (κ3) is 2.75. The summed E-state index contributed by atoms with van der Waals surface area (Å²) in [5.74, 6) is -1.73. The van der Waals surface area contributed by atoms with E-state index in [0.717, 1.165) is 0 Å². The van der Waals surface area contributed by atoms with Crippen molar-refractivity contribution < 1.29 is 14.7 Å². The molecular formula is C13H7Cl2NO3. The summed E-state index contributed by atoms with van der Waals surface area (Å²) in [6.45, 7) is 0. The van der Waals surface area contributed by atoms with E-state index in [1.54, 1.807) is 0 Å². The molecule has 1 heterocycles. The van der Waals surface area contributed by atoms with Crippen molar-refractivity contribution in [1.29, 1.82) is 0 Å². The van der Waals surface area contributed by atoms with Crippen molar-refractivity contribution in [3.8, 4) is 0 Å². The standard InChI is InChI=1S/C13H7Cl2NO3/c14-9-4-3-7(6-10(9)15)12(17)11-8(13(18)19)2-1-5-16-11/h1-6H,(H,18,19). The number of nitrogens with zero attached hydrogens (tertiary/aromatic N) is 1. The van der Waals surface area contributed by atoms with Gasteiger partial charge in [0.05, 0.1) is 15.6 Å². The van der Waals surface area contributed by atoms with E-state index in [0.29, 0.717) is 5.02 Å². The number of hydrogen-bond acceptors (Lipinski definition) is 3. The Morgan fingerprint density at radius 3 is 2.47 bits per heavy atom. The highest BCUT2D eigenvalue weighted by Crippen LogP contribution is 2.24. The topological polar surface area (TPSA) is 67.3 Å². The number of carbonyl (C=O) groups excluding carboxylic acids is 1. The quantitative estimate of drug-likeness (QED) is 0.882. The molecular weight excluding hydrogens is 289 g/mol. The molecule has 0 aliphatic carbocycles. The van der Waals surface area contributed by atoms with Gasteiger partial charge in [0.2, 0.25) is 5.78 Å². The summed E-state index contributed by atoms with van der Waals surface area (Å²) >= 11 is 11.6. The molecule has 19 heavy (non-hydrogen) atoms. The Kier molecular flexibility index (Phi) is 3.83. The summed E-state index contributed by atoms with van der Waals surface area (Å²) < 4.78 is 0. The van der Waals surface area contributed by atoms with E-state index in [9.17, 15) is 9.59 Å². The molecule has 0 aliphatic rings. The van der Waals surface area contributed by atoms with Crippen LogP contribution in [0, 0.1) is 0 Å². The van der Waals surface area contributed by atoms with E-state index >= 15 is 0 Å². The maximum atomic E-state index is 12.2. The van der Waals surface area contributed by atoms with Gasteiger partial charge < -0.3 is 5.11 Å². The van der Waals surface area contributed by atoms with Crippen LogP contribution in [0.25, 0.3) is 0 Å². The summed E-state index contributed by atoms with van der Waals surface area (Å²) in [4.78, 5) is 27.1. The van der Waals surface area contributed by atoms with Gasteiger partial charge in [0.15, 0.2) is 0 Å². The number of benzene rings is 1. The van der Waals surface area contributed by atoms with E-state index in [-0.39, 0.29) is 21.8 Å². The van der Waals surface area contributed by atoms with E-state index in [1.165, 1.54) is 36.5 Å². The smallest absolute Gasteiger partial charge is 0.338 e. The molecule has 1 aromatic heterocycles.